The molecule has 1 atom stereocenters. The summed E-state index contributed by atoms with van der Waals surface area (Å²) in [5.41, 5.74) is 9.27. The van der Waals surface area contributed by atoms with Gasteiger partial charge in [0.1, 0.15) is 0 Å². The van der Waals surface area contributed by atoms with Crippen molar-refractivity contribution in [1.82, 2.24) is 5.01 Å². The fourth-order valence-electron chi connectivity index (χ4n) is 7.97. The number of sulfonamides is 1. The zero-order chi connectivity index (χ0) is 29.8. The van der Waals surface area contributed by atoms with Gasteiger partial charge in [0.25, 0.3) is 10.0 Å². The number of hydrogen-bond donors (Lipinski definition) is 1. The fraction of sp³-hybridized carbons (Fsp3) is 0.364. The topological polar surface area (TPSA) is 100 Å². The summed E-state index contributed by atoms with van der Waals surface area (Å²) < 4.78 is 31.7. The zero-order valence-corrected chi connectivity index (χ0v) is 25.9. The maximum absolute atomic E-state index is 13.7. The highest BCUT2D eigenvalue weighted by molar-refractivity contribution is 7.90. The normalized spacial score (nSPS) is 28.8. The van der Waals surface area contributed by atoms with Crippen LogP contribution in [-0.2, 0) is 10.0 Å². The third-order valence-electron chi connectivity index (χ3n) is 9.41. The Balaban J connectivity index is 1.33. The summed E-state index contributed by atoms with van der Waals surface area (Å²) in [5.74, 6) is 1.99. The predicted octanol–water partition coefficient (Wildman–Crippen LogP) is 6.91. The Kier molecular flexibility index (Phi) is 7.35. The Morgan fingerprint density at radius 3 is 1.98 bits per heavy atom. The molecule has 1 aliphatic heterocycles. The molecule has 0 radical (unpaired) electrons. The van der Waals surface area contributed by atoms with Crippen LogP contribution in [0.3, 0.4) is 0 Å². The molecule has 5 aliphatic rings. The van der Waals surface area contributed by atoms with Gasteiger partial charge in [0.2, 0.25) is 5.84 Å². The summed E-state index contributed by atoms with van der Waals surface area (Å²) in [5, 5.41) is 7.66. The number of halogens is 2. The second-order valence-corrected chi connectivity index (χ2v) is 15.0. The van der Waals surface area contributed by atoms with E-state index in [1.165, 1.54) is 43.5 Å². The van der Waals surface area contributed by atoms with Crippen molar-refractivity contribution in [3.05, 3.63) is 100 Å². The van der Waals surface area contributed by atoms with Crippen LogP contribution in [0.25, 0.3) is 0 Å². The molecule has 4 fully saturated rings. The number of benzene rings is 3. The van der Waals surface area contributed by atoms with Crippen LogP contribution in [-0.4, -0.2) is 42.9 Å². The van der Waals surface area contributed by atoms with Crippen molar-refractivity contribution in [3.8, 4) is 0 Å². The molecule has 1 heterocycles. The Morgan fingerprint density at radius 2 is 1.40 bits per heavy atom. The Bertz CT molecular complexity index is 1690. The minimum Gasteiger partial charge on any atom is -0.381 e. The first-order chi connectivity index (χ1) is 20.7. The Labute approximate surface area is 262 Å². The van der Waals surface area contributed by atoms with Crippen molar-refractivity contribution >= 4 is 50.6 Å². The molecule has 1 unspecified atom stereocenters. The molecule has 10 heteroatoms. The van der Waals surface area contributed by atoms with Gasteiger partial charge >= 0.3 is 0 Å². The van der Waals surface area contributed by atoms with Gasteiger partial charge in [0.15, 0.2) is 5.84 Å². The largest absolute Gasteiger partial charge is 0.381 e. The molecule has 3 aromatic rings. The maximum atomic E-state index is 13.7. The summed E-state index contributed by atoms with van der Waals surface area (Å²) in [4.78, 5) is 5.19. The molecule has 8 rings (SSSR count). The molecule has 0 spiro atoms. The van der Waals surface area contributed by atoms with Gasteiger partial charge < -0.3 is 5.73 Å². The number of hydrazone groups is 1. The van der Waals surface area contributed by atoms with Gasteiger partial charge in [-0.1, -0.05) is 65.7 Å². The molecule has 0 amide bonds. The average molecular weight is 635 g/mol. The van der Waals surface area contributed by atoms with Gasteiger partial charge in [-0.15, -0.1) is 4.40 Å². The van der Waals surface area contributed by atoms with Gasteiger partial charge in [-0.2, -0.15) is 13.5 Å². The zero-order valence-electron chi connectivity index (χ0n) is 23.6. The molecular weight excluding hydrogens is 601 g/mol. The lowest BCUT2D eigenvalue weighted by Gasteiger charge is -2.55. The molecule has 2 N–H and O–H groups in total. The third kappa shape index (κ3) is 5.73. The smallest absolute Gasteiger partial charge is 0.284 e. The van der Waals surface area contributed by atoms with E-state index in [2.05, 4.69) is 4.40 Å². The van der Waals surface area contributed by atoms with Gasteiger partial charge in [-0.25, -0.2) is 5.01 Å². The first kappa shape index (κ1) is 28.6. The number of rotatable bonds is 5. The van der Waals surface area contributed by atoms with Crippen LogP contribution in [0.2, 0.25) is 10.0 Å². The van der Waals surface area contributed by atoms with Crippen LogP contribution in [0.1, 0.15) is 55.6 Å². The van der Waals surface area contributed by atoms with Crippen LogP contribution in [0, 0.1) is 17.8 Å². The van der Waals surface area contributed by atoms with Crippen molar-refractivity contribution < 1.29 is 8.42 Å². The van der Waals surface area contributed by atoms with Crippen molar-refractivity contribution in [2.45, 2.75) is 54.9 Å². The summed E-state index contributed by atoms with van der Waals surface area (Å²) in [7, 11) is -4.15. The van der Waals surface area contributed by atoms with E-state index in [4.69, 9.17) is 39.0 Å². The monoisotopic (exact) mass is 633 g/mol. The molecule has 0 saturated heterocycles. The maximum Gasteiger partial charge on any atom is 0.284 e. The third-order valence-corrected chi connectivity index (χ3v) is 11.2. The quantitative estimate of drug-likeness (QED) is 0.244. The lowest BCUT2D eigenvalue weighted by atomic mass is 9.53. The summed E-state index contributed by atoms with van der Waals surface area (Å²) in [6.07, 6.45) is 6.76. The Morgan fingerprint density at radius 1 is 0.837 bits per heavy atom. The first-order valence-electron chi connectivity index (χ1n) is 14.8. The minimum absolute atomic E-state index is 0.0257. The minimum atomic E-state index is -4.15. The van der Waals surface area contributed by atoms with Crippen LogP contribution in [0.4, 0.5) is 0 Å². The number of nitrogens with two attached hydrogens (primary N) is 1. The average Bonchev–Trinajstić information content (AvgIpc) is 3.41. The lowest BCUT2D eigenvalue weighted by Crippen LogP contribution is -2.51. The molecule has 0 aromatic heterocycles. The molecule has 3 aromatic carbocycles. The molecule has 4 aliphatic carbocycles. The van der Waals surface area contributed by atoms with Gasteiger partial charge in [-0.3, -0.25) is 4.99 Å². The molecular formula is C33H33Cl2N5O2S. The second kappa shape index (κ2) is 11.1. The van der Waals surface area contributed by atoms with Crippen LogP contribution >= 0.6 is 23.2 Å². The van der Waals surface area contributed by atoms with E-state index in [9.17, 15) is 8.42 Å². The SMILES string of the molecule is NC(=NC12CC3CC(CC(C3)C1)C2)/C(=N\S(=O)(=O)c1ccc(Cl)cc1)N1CC(c2ccccc2)C(c2ccc(Cl)cc2)=N1. The van der Waals surface area contributed by atoms with Gasteiger partial charge in [0.05, 0.1) is 22.7 Å². The highest BCUT2D eigenvalue weighted by Crippen LogP contribution is 2.57. The molecule has 222 valence electrons. The van der Waals surface area contributed by atoms with E-state index in [-0.39, 0.29) is 28.0 Å². The van der Waals surface area contributed by atoms with E-state index in [1.54, 1.807) is 5.01 Å². The van der Waals surface area contributed by atoms with Crippen molar-refractivity contribution in [3.63, 3.8) is 0 Å². The number of aliphatic imine (C=N–C) groups is 1. The van der Waals surface area contributed by atoms with Gasteiger partial charge in [0, 0.05) is 16.0 Å². The van der Waals surface area contributed by atoms with Crippen molar-refractivity contribution in [2.24, 2.45) is 38.0 Å². The van der Waals surface area contributed by atoms with E-state index in [0.29, 0.717) is 34.3 Å². The number of amidine groups is 2. The second-order valence-electron chi connectivity index (χ2n) is 12.5. The standard InChI is InChI=1S/C33H33Cl2N5O2S/c34-26-8-6-25(7-9-26)30-29(24-4-2-1-3-5-24)20-40(38-30)32(39-43(41,42)28-12-10-27(35)11-13-28)31(36)37-33-17-21-14-22(18-33)16-23(15-21)19-33/h1-13,21-23,29H,14-20H2,(H2,36,37)/b39-32+. The highest BCUT2D eigenvalue weighted by atomic mass is 35.5. The Hall–Kier alpha value is -3.20. The fourth-order valence-corrected chi connectivity index (χ4v) is 9.22. The van der Waals surface area contributed by atoms with Crippen LogP contribution in [0.5, 0.6) is 0 Å². The van der Waals surface area contributed by atoms with Gasteiger partial charge in [-0.05, 0) is 104 Å². The molecule has 4 bridgehead atoms. The van der Waals surface area contributed by atoms with E-state index in [0.717, 1.165) is 36.1 Å². The number of nitrogens with zero attached hydrogens (tertiary/aromatic N) is 4. The van der Waals surface area contributed by atoms with Crippen molar-refractivity contribution in [2.75, 3.05) is 6.54 Å². The van der Waals surface area contributed by atoms with E-state index < -0.39 is 10.0 Å². The summed E-state index contributed by atoms with van der Waals surface area (Å²) in [6.45, 7) is 0.355. The predicted molar refractivity (Wildman–Crippen MR) is 172 cm³/mol. The number of hydrogen-bond acceptors (Lipinski definition) is 4. The van der Waals surface area contributed by atoms with Crippen molar-refractivity contribution in [1.29, 1.82) is 0 Å². The lowest BCUT2D eigenvalue weighted by molar-refractivity contribution is 0.00170. The molecule has 7 nitrogen and oxygen atoms in total. The first-order valence-corrected chi connectivity index (χ1v) is 17.0. The van der Waals surface area contributed by atoms with E-state index >= 15 is 0 Å². The summed E-state index contributed by atoms with van der Waals surface area (Å²) >= 11 is 12.3. The highest BCUT2D eigenvalue weighted by Gasteiger charge is 2.51. The molecule has 4 saturated carbocycles. The summed E-state index contributed by atoms with van der Waals surface area (Å²) in [6, 6.07) is 23.5. The van der Waals surface area contributed by atoms with Crippen LogP contribution < -0.4 is 5.73 Å². The van der Waals surface area contributed by atoms with Crippen LogP contribution in [0.15, 0.2) is 98.2 Å². The molecule has 43 heavy (non-hydrogen) atoms. The van der Waals surface area contributed by atoms with E-state index in [1.807, 2.05) is 54.6 Å².